The summed E-state index contributed by atoms with van der Waals surface area (Å²) in [7, 11) is 0. The van der Waals surface area contributed by atoms with Crippen molar-refractivity contribution in [3.63, 3.8) is 0 Å². The van der Waals surface area contributed by atoms with Gasteiger partial charge in [-0.05, 0) is 18.8 Å². The first kappa shape index (κ1) is 11.3. The topological polar surface area (TPSA) is 83.7 Å². The Bertz CT molecular complexity index is 557. The van der Waals surface area contributed by atoms with E-state index in [0.29, 0.717) is 23.6 Å². The molecule has 3 rings (SSSR count). The molecular weight excluding hydrogens is 228 g/mol. The Kier molecular flexibility index (Phi) is 2.57. The van der Waals surface area contributed by atoms with E-state index < -0.39 is 0 Å². The molecule has 0 aromatic carbocycles. The molecule has 1 aliphatic carbocycles. The lowest BCUT2D eigenvalue weighted by molar-refractivity contribution is 0.604. The number of rotatable bonds is 4. The molecule has 0 unspecified atom stereocenters. The normalized spacial score (nSPS) is 15.5. The number of nitrogen functional groups attached to an aromatic ring is 1. The van der Waals surface area contributed by atoms with E-state index in [0.717, 1.165) is 17.7 Å². The zero-order valence-corrected chi connectivity index (χ0v) is 10.7. The summed E-state index contributed by atoms with van der Waals surface area (Å²) in [4.78, 5) is 10.9. The first-order valence-corrected chi connectivity index (χ1v) is 6.38. The van der Waals surface area contributed by atoms with E-state index in [1.165, 1.54) is 12.8 Å². The summed E-state index contributed by atoms with van der Waals surface area (Å²) in [5.41, 5.74) is 6.49. The molecule has 6 heteroatoms. The van der Waals surface area contributed by atoms with E-state index in [-0.39, 0.29) is 0 Å². The fraction of sp³-hybridized carbons (Fsp3) is 0.583. The van der Waals surface area contributed by atoms with Crippen molar-refractivity contribution >= 4 is 22.8 Å². The van der Waals surface area contributed by atoms with Gasteiger partial charge < -0.3 is 10.6 Å². The van der Waals surface area contributed by atoms with E-state index in [9.17, 15) is 0 Å². The Morgan fingerprint density at radius 3 is 2.89 bits per heavy atom. The zero-order chi connectivity index (χ0) is 12.7. The van der Waals surface area contributed by atoms with Crippen LogP contribution in [0.5, 0.6) is 0 Å². The van der Waals surface area contributed by atoms with Crippen LogP contribution in [0, 0.1) is 5.92 Å². The highest BCUT2D eigenvalue weighted by Crippen LogP contribution is 2.34. The van der Waals surface area contributed by atoms with Gasteiger partial charge in [0.25, 0.3) is 0 Å². The van der Waals surface area contributed by atoms with Crippen molar-refractivity contribution in [1.82, 2.24) is 20.2 Å². The molecule has 0 atom stereocenters. The number of anilines is 2. The molecule has 0 bridgehead atoms. The summed E-state index contributed by atoms with van der Waals surface area (Å²) in [6, 6.07) is 0.597. The zero-order valence-electron chi connectivity index (χ0n) is 10.7. The van der Waals surface area contributed by atoms with E-state index >= 15 is 0 Å². The monoisotopic (exact) mass is 246 g/mol. The number of hydrogen-bond acceptors (Lipinski definition) is 5. The first-order valence-electron chi connectivity index (χ1n) is 6.38. The predicted molar refractivity (Wildman–Crippen MR) is 71.3 cm³/mol. The summed E-state index contributed by atoms with van der Waals surface area (Å²) in [5.74, 6) is 1.81. The van der Waals surface area contributed by atoms with Gasteiger partial charge in [-0.1, -0.05) is 13.8 Å². The van der Waals surface area contributed by atoms with Crippen molar-refractivity contribution in [3.8, 4) is 0 Å². The van der Waals surface area contributed by atoms with Crippen molar-refractivity contribution in [2.45, 2.75) is 32.7 Å². The highest BCUT2D eigenvalue weighted by molar-refractivity contribution is 5.87. The standard InChI is InChI=1S/C12H18N6/c1-7(2)6-18(8-3-4-8)11-9-5-14-17-10(9)15-12(13)16-11/h5,7-8H,3-4,6H2,1-2H3,(H3,13,14,15,16,17). The maximum absolute atomic E-state index is 5.78. The Balaban J connectivity index is 2.07. The van der Waals surface area contributed by atoms with Gasteiger partial charge in [-0.15, -0.1) is 0 Å². The van der Waals surface area contributed by atoms with Crippen LogP contribution in [0.4, 0.5) is 11.8 Å². The number of H-pyrrole nitrogens is 1. The molecular formula is C12H18N6. The molecule has 1 saturated carbocycles. The Labute approximate surface area is 106 Å². The minimum Gasteiger partial charge on any atom is -0.368 e. The van der Waals surface area contributed by atoms with Gasteiger partial charge >= 0.3 is 0 Å². The van der Waals surface area contributed by atoms with Crippen molar-refractivity contribution in [2.24, 2.45) is 5.92 Å². The predicted octanol–water partition coefficient (Wildman–Crippen LogP) is 1.56. The van der Waals surface area contributed by atoms with Gasteiger partial charge in [0.2, 0.25) is 5.95 Å². The second-order valence-electron chi connectivity index (χ2n) is 5.32. The molecule has 0 aliphatic heterocycles. The van der Waals surface area contributed by atoms with Crippen molar-refractivity contribution < 1.29 is 0 Å². The van der Waals surface area contributed by atoms with Gasteiger partial charge in [0.1, 0.15) is 5.82 Å². The maximum atomic E-state index is 5.78. The summed E-state index contributed by atoms with van der Waals surface area (Å²) < 4.78 is 0. The Morgan fingerprint density at radius 1 is 1.44 bits per heavy atom. The minimum atomic E-state index is 0.302. The van der Waals surface area contributed by atoms with Crippen LogP contribution in [0.3, 0.4) is 0 Å². The van der Waals surface area contributed by atoms with Crippen molar-refractivity contribution in [1.29, 1.82) is 0 Å². The lowest BCUT2D eigenvalue weighted by atomic mass is 10.2. The van der Waals surface area contributed by atoms with E-state index in [2.05, 4.69) is 38.9 Å². The van der Waals surface area contributed by atoms with E-state index in [1.807, 2.05) is 0 Å². The number of nitrogens with one attached hydrogen (secondary N) is 1. The largest absolute Gasteiger partial charge is 0.368 e. The number of nitrogens with zero attached hydrogens (tertiary/aromatic N) is 4. The molecule has 2 aromatic heterocycles. The van der Waals surface area contributed by atoms with Crippen LogP contribution >= 0.6 is 0 Å². The molecule has 0 amide bonds. The molecule has 0 spiro atoms. The minimum absolute atomic E-state index is 0.302. The fourth-order valence-electron chi connectivity index (χ4n) is 2.24. The third-order valence-corrected chi connectivity index (χ3v) is 3.13. The molecule has 0 saturated heterocycles. The SMILES string of the molecule is CC(C)CN(c1nc(N)nc2[nH]ncc12)C1CC1. The molecule has 6 nitrogen and oxygen atoms in total. The number of fused-ring (bicyclic) bond motifs is 1. The fourth-order valence-corrected chi connectivity index (χ4v) is 2.24. The summed E-state index contributed by atoms with van der Waals surface area (Å²) in [5, 5.41) is 7.85. The van der Waals surface area contributed by atoms with Gasteiger partial charge in [-0.3, -0.25) is 5.10 Å². The number of aromatic amines is 1. The summed E-state index contributed by atoms with van der Waals surface area (Å²) in [6.45, 7) is 5.42. The Morgan fingerprint density at radius 2 is 2.22 bits per heavy atom. The summed E-state index contributed by atoms with van der Waals surface area (Å²) in [6.07, 6.45) is 4.24. The van der Waals surface area contributed by atoms with Crippen LogP contribution in [0.15, 0.2) is 6.20 Å². The van der Waals surface area contributed by atoms with E-state index in [1.54, 1.807) is 6.20 Å². The Hall–Kier alpha value is -1.85. The lowest BCUT2D eigenvalue weighted by Gasteiger charge is -2.26. The highest BCUT2D eigenvalue weighted by Gasteiger charge is 2.31. The second-order valence-corrected chi connectivity index (χ2v) is 5.32. The highest BCUT2D eigenvalue weighted by atomic mass is 15.3. The molecule has 1 fully saturated rings. The molecule has 1 aliphatic rings. The van der Waals surface area contributed by atoms with Crippen LogP contribution in [0.2, 0.25) is 0 Å². The smallest absolute Gasteiger partial charge is 0.224 e. The van der Waals surface area contributed by atoms with Crippen LogP contribution < -0.4 is 10.6 Å². The molecule has 2 aromatic rings. The van der Waals surface area contributed by atoms with Crippen LogP contribution in [-0.2, 0) is 0 Å². The van der Waals surface area contributed by atoms with Crippen molar-refractivity contribution in [2.75, 3.05) is 17.2 Å². The van der Waals surface area contributed by atoms with Crippen molar-refractivity contribution in [3.05, 3.63) is 6.20 Å². The second kappa shape index (κ2) is 4.12. The maximum Gasteiger partial charge on any atom is 0.224 e. The quantitative estimate of drug-likeness (QED) is 0.855. The molecule has 3 N–H and O–H groups in total. The average Bonchev–Trinajstić information content (AvgIpc) is 3.04. The molecule has 0 radical (unpaired) electrons. The van der Waals surface area contributed by atoms with Gasteiger partial charge in [0, 0.05) is 12.6 Å². The van der Waals surface area contributed by atoms with Gasteiger partial charge in [0.05, 0.1) is 11.6 Å². The molecule has 2 heterocycles. The van der Waals surface area contributed by atoms with Crippen LogP contribution in [0.1, 0.15) is 26.7 Å². The number of aromatic nitrogens is 4. The van der Waals surface area contributed by atoms with Crippen LogP contribution in [-0.4, -0.2) is 32.8 Å². The molecule has 96 valence electrons. The third-order valence-electron chi connectivity index (χ3n) is 3.13. The first-order chi connectivity index (χ1) is 8.65. The lowest BCUT2D eigenvalue weighted by Crippen LogP contribution is -2.31. The number of nitrogens with two attached hydrogens (primary N) is 1. The average molecular weight is 246 g/mol. The molecule has 18 heavy (non-hydrogen) atoms. The van der Waals surface area contributed by atoms with Gasteiger partial charge in [-0.2, -0.15) is 15.1 Å². The van der Waals surface area contributed by atoms with Gasteiger partial charge in [0.15, 0.2) is 5.65 Å². The number of hydrogen-bond donors (Lipinski definition) is 2. The third kappa shape index (κ3) is 1.98. The van der Waals surface area contributed by atoms with E-state index in [4.69, 9.17) is 5.73 Å². The van der Waals surface area contributed by atoms with Crippen LogP contribution in [0.25, 0.3) is 11.0 Å². The van der Waals surface area contributed by atoms with Gasteiger partial charge in [-0.25, -0.2) is 0 Å². The summed E-state index contributed by atoms with van der Waals surface area (Å²) >= 11 is 0.